The molecule has 0 bridgehead atoms. The summed E-state index contributed by atoms with van der Waals surface area (Å²) in [6, 6.07) is 2.83. The second-order valence-electron chi connectivity index (χ2n) is 6.78. The predicted molar refractivity (Wildman–Crippen MR) is 98.8 cm³/mol. The average Bonchev–Trinajstić information content (AvgIpc) is 2.67. The van der Waals surface area contributed by atoms with E-state index >= 15 is 0 Å². The van der Waals surface area contributed by atoms with Crippen LogP contribution in [-0.2, 0) is 5.41 Å². The summed E-state index contributed by atoms with van der Waals surface area (Å²) < 4.78 is 27.8. The molecule has 1 aliphatic rings. The van der Waals surface area contributed by atoms with E-state index in [1.54, 1.807) is 0 Å². The Morgan fingerprint density at radius 1 is 1.21 bits per heavy atom. The van der Waals surface area contributed by atoms with Gasteiger partial charge in [-0.2, -0.15) is 0 Å². The number of hydrogen-bond donors (Lipinski definition) is 3. The summed E-state index contributed by atoms with van der Waals surface area (Å²) in [5.41, 5.74) is 5.40. The van der Waals surface area contributed by atoms with Gasteiger partial charge in [0.05, 0.1) is 17.6 Å². The molecule has 0 aromatic carbocycles. The summed E-state index contributed by atoms with van der Waals surface area (Å²) in [7, 11) is 0. The van der Waals surface area contributed by atoms with E-state index in [0.29, 0.717) is 17.2 Å². The van der Waals surface area contributed by atoms with Gasteiger partial charge in [-0.1, -0.05) is 0 Å². The molecule has 10 heteroatoms. The lowest BCUT2D eigenvalue weighted by molar-refractivity contribution is 0.0963. The number of nitrogens with one attached hydrogen (secondary N) is 2. The Labute approximate surface area is 158 Å². The standard InChI is InChI=1S/C18H17F2N7O/c19-11-4-18(5-11,14-12(20)2-1-3-22-14)9-26-17-24-6-10(7-25-17)13-8-23-15(21)16(28)27-13/h1-3,6-8,11H,4-5,9H2,(H2,21,23)(H,27,28)(H,24,25,26). The van der Waals surface area contributed by atoms with Crippen molar-refractivity contribution < 1.29 is 8.78 Å². The number of aromatic nitrogens is 5. The highest BCUT2D eigenvalue weighted by Crippen LogP contribution is 2.45. The molecule has 0 spiro atoms. The van der Waals surface area contributed by atoms with Gasteiger partial charge in [-0.15, -0.1) is 0 Å². The lowest BCUT2D eigenvalue weighted by atomic mass is 9.65. The summed E-state index contributed by atoms with van der Waals surface area (Å²) in [4.78, 5) is 30.4. The van der Waals surface area contributed by atoms with Gasteiger partial charge in [0.2, 0.25) is 5.95 Å². The monoisotopic (exact) mass is 385 g/mol. The minimum absolute atomic E-state index is 0.123. The topological polar surface area (TPSA) is 122 Å². The van der Waals surface area contributed by atoms with Crippen LogP contribution in [0.5, 0.6) is 0 Å². The molecule has 4 N–H and O–H groups in total. The Kier molecular flexibility index (Phi) is 4.46. The number of nitrogens with zero attached hydrogens (tertiary/aromatic N) is 4. The first-order valence-electron chi connectivity index (χ1n) is 8.63. The fourth-order valence-electron chi connectivity index (χ4n) is 3.35. The maximum atomic E-state index is 14.2. The van der Waals surface area contributed by atoms with Crippen molar-refractivity contribution in [2.24, 2.45) is 0 Å². The molecule has 1 aliphatic carbocycles. The zero-order valence-corrected chi connectivity index (χ0v) is 14.7. The summed E-state index contributed by atoms with van der Waals surface area (Å²) >= 11 is 0. The van der Waals surface area contributed by atoms with Crippen LogP contribution < -0.4 is 16.6 Å². The van der Waals surface area contributed by atoms with E-state index in [0.717, 1.165) is 0 Å². The van der Waals surface area contributed by atoms with Gasteiger partial charge in [-0.05, 0) is 25.0 Å². The molecule has 0 atom stereocenters. The largest absolute Gasteiger partial charge is 0.379 e. The zero-order valence-electron chi connectivity index (χ0n) is 14.7. The van der Waals surface area contributed by atoms with Crippen LogP contribution in [0, 0.1) is 5.82 Å². The van der Waals surface area contributed by atoms with Crippen molar-refractivity contribution >= 4 is 11.8 Å². The maximum Gasteiger partial charge on any atom is 0.290 e. The van der Waals surface area contributed by atoms with Crippen LogP contribution in [-0.4, -0.2) is 37.6 Å². The number of hydrogen-bond acceptors (Lipinski definition) is 7. The summed E-state index contributed by atoms with van der Waals surface area (Å²) in [5, 5.41) is 3.03. The highest BCUT2D eigenvalue weighted by atomic mass is 19.1. The number of pyridine rings is 1. The number of aromatic amines is 1. The molecular weight excluding hydrogens is 368 g/mol. The Morgan fingerprint density at radius 2 is 1.96 bits per heavy atom. The Hall–Kier alpha value is -3.43. The molecule has 3 heterocycles. The van der Waals surface area contributed by atoms with Crippen LogP contribution in [0.4, 0.5) is 20.5 Å². The van der Waals surface area contributed by atoms with Crippen LogP contribution in [0.25, 0.3) is 11.3 Å². The van der Waals surface area contributed by atoms with Gasteiger partial charge < -0.3 is 16.0 Å². The molecule has 1 saturated carbocycles. The van der Waals surface area contributed by atoms with Crippen molar-refractivity contribution in [2.45, 2.75) is 24.4 Å². The molecule has 3 aromatic heterocycles. The highest BCUT2D eigenvalue weighted by Gasteiger charge is 2.48. The number of nitrogen functional groups attached to an aromatic ring is 1. The van der Waals surface area contributed by atoms with E-state index in [4.69, 9.17) is 5.73 Å². The van der Waals surface area contributed by atoms with E-state index in [9.17, 15) is 13.6 Å². The SMILES string of the molecule is Nc1ncc(-c2cnc(NCC3(c4ncccc4F)CC(F)C3)nc2)[nH]c1=O. The minimum atomic E-state index is -0.985. The average molecular weight is 385 g/mol. The third kappa shape index (κ3) is 3.28. The Bertz CT molecular complexity index is 1050. The lowest BCUT2D eigenvalue weighted by Gasteiger charge is -2.43. The van der Waals surface area contributed by atoms with E-state index < -0.39 is 23.0 Å². The highest BCUT2D eigenvalue weighted by molar-refractivity contribution is 5.56. The van der Waals surface area contributed by atoms with E-state index in [-0.39, 0.29) is 30.9 Å². The fourth-order valence-corrected chi connectivity index (χ4v) is 3.35. The van der Waals surface area contributed by atoms with Gasteiger partial charge in [0.15, 0.2) is 5.82 Å². The molecule has 4 rings (SSSR count). The smallest absolute Gasteiger partial charge is 0.290 e. The first-order valence-corrected chi connectivity index (χ1v) is 8.63. The Balaban J connectivity index is 1.50. The van der Waals surface area contributed by atoms with Crippen LogP contribution in [0.2, 0.25) is 0 Å². The molecule has 3 aromatic rings. The summed E-state index contributed by atoms with van der Waals surface area (Å²) in [5.74, 6) is -0.276. The van der Waals surface area contributed by atoms with Gasteiger partial charge in [0.1, 0.15) is 12.0 Å². The van der Waals surface area contributed by atoms with Gasteiger partial charge in [0.25, 0.3) is 5.56 Å². The van der Waals surface area contributed by atoms with Gasteiger partial charge in [-0.25, -0.2) is 23.7 Å². The number of H-pyrrole nitrogens is 1. The molecule has 0 amide bonds. The van der Waals surface area contributed by atoms with E-state index in [1.807, 2.05) is 0 Å². The third-order valence-corrected chi connectivity index (χ3v) is 4.85. The maximum absolute atomic E-state index is 14.2. The van der Waals surface area contributed by atoms with Crippen molar-refractivity contribution in [3.8, 4) is 11.3 Å². The molecule has 0 aliphatic heterocycles. The Morgan fingerprint density at radius 3 is 2.61 bits per heavy atom. The van der Waals surface area contributed by atoms with Crippen LogP contribution in [0.3, 0.4) is 0 Å². The first-order chi connectivity index (χ1) is 13.5. The summed E-state index contributed by atoms with van der Waals surface area (Å²) in [6.45, 7) is 0.251. The van der Waals surface area contributed by atoms with Crippen LogP contribution in [0.15, 0.2) is 41.7 Å². The molecule has 1 fully saturated rings. The van der Waals surface area contributed by atoms with Crippen molar-refractivity contribution in [3.63, 3.8) is 0 Å². The van der Waals surface area contributed by atoms with E-state index in [1.165, 1.54) is 36.9 Å². The molecule has 0 saturated heterocycles. The first kappa shape index (κ1) is 18.0. The number of rotatable bonds is 5. The van der Waals surface area contributed by atoms with Crippen molar-refractivity contribution in [2.75, 3.05) is 17.6 Å². The fraction of sp³-hybridized carbons (Fsp3) is 0.278. The number of alkyl halides is 1. The predicted octanol–water partition coefficient (Wildman–Crippen LogP) is 1.82. The zero-order chi connectivity index (χ0) is 19.7. The molecule has 0 unspecified atom stereocenters. The van der Waals surface area contributed by atoms with Crippen molar-refractivity contribution in [1.82, 2.24) is 24.9 Å². The van der Waals surface area contributed by atoms with Gasteiger partial charge >= 0.3 is 0 Å². The normalized spacial score (nSPS) is 21.1. The molecule has 0 radical (unpaired) electrons. The van der Waals surface area contributed by atoms with E-state index in [2.05, 4.69) is 30.2 Å². The number of anilines is 2. The van der Waals surface area contributed by atoms with Gasteiger partial charge in [0, 0.05) is 36.1 Å². The number of halogens is 2. The third-order valence-electron chi connectivity index (χ3n) is 4.85. The quantitative estimate of drug-likeness (QED) is 0.612. The van der Waals surface area contributed by atoms with Gasteiger partial charge in [-0.3, -0.25) is 9.78 Å². The van der Waals surface area contributed by atoms with Crippen LogP contribution >= 0.6 is 0 Å². The molecule has 8 nitrogen and oxygen atoms in total. The lowest BCUT2D eigenvalue weighted by Crippen LogP contribution is -2.49. The molecular formula is C18H17F2N7O. The van der Waals surface area contributed by atoms with Crippen LogP contribution in [0.1, 0.15) is 18.5 Å². The minimum Gasteiger partial charge on any atom is -0.379 e. The molecule has 28 heavy (non-hydrogen) atoms. The van der Waals surface area contributed by atoms with Crippen molar-refractivity contribution in [1.29, 1.82) is 0 Å². The van der Waals surface area contributed by atoms with Crippen molar-refractivity contribution in [3.05, 3.63) is 58.8 Å². The second kappa shape index (κ2) is 6.95. The summed E-state index contributed by atoms with van der Waals surface area (Å²) in [6.07, 6.45) is 5.31. The second-order valence-corrected chi connectivity index (χ2v) is 6.78. The molecule has 144 valence electrons. The number of nitrogens with two attached hydrogens (primary N) is 1.